The van der Waals surface area contributed by atoms with Gasteiger partial charge < -0.3 is 9.64 Å². The van der Waals surface area contributed by atoms with Gasteiger partial charge in [-0.3, -0.25) is 9.69 Å². The topological polar surface area (TPSA) is 45.7 Å². The average Bonchev–Trinajstić information content (AvgIpc) is 3.19. The van der Waals surface area contributed by atoms with Crippen molar-refractivity contribution < 1.29 is 13.9 Å². The summed E-state index contributed by atoms with van der Waals surface area (Å²) in [7, 11) is 5.69. The number of anilines is 1. The van der Waals surface area contributed by atoms with Crippen LogP contribution in [0.5, 0.6) is 5.75 Å². The molecule has 0 aliphatic carbocycles. The number of carbonyl (C=O) groups excluding carboxylic acids is 1. The molecule has 0 aliphatic heterocycles. The first-order valence-corrected chi connectivity index (χ1v) is 12.0. The van der Waals surface area contributed by atoms with E-state index < -0.39 is 0 Å². The fourth-order valence-corrected chi connectivity index (χ4v) is 5.02. The van der Waals surface area contributed by atoms with Crippen molar-refractivity contribution in [2.45, 2.75) is 24.2 Å². The first-order valence-electron chi connectivity index (χ1n) is 10.2. The minimum atomic E-state index is -0.236. The van der Waals surface area contributed by atoms with Crippen molar-refractivity contribution in [1.29, 1.82) is 0 Å². The maximum atomic E-state index is 13.1. The van der Waals surface area contributed by atoms with E-state index in [9.17, 15) is 9.18 Å². The quantitative estimate of drug-likeness (QED) is 0.250. The highest BCUT2D eigenvalue weighted by Gasteiger charge is 2.20. The molecule has 0 saturated carbocycles. The van der Waals surface area contributed by atoms with Crippen LogP contribution in [0, 0.1) is 5.82 Å². The predicted octanol–water partition coefficient (Wildman–Crippen LogP) is 5.72. The number of rotatable bonds is 11. The molecule has 1 amide bonds. The van der Waals surface area contributed by atoms with E-state index in [1.165, 1.54) is 23.5 Å². The van der Waals surface area contributed by atoms with Gasteiger partial charge in [-0.15, -0.1) is 24.2 Å². The molecule has 0 radical (unpaired) electrons. The molecule has 174 valence electrons. The molecule has 0 bridgehead atoms. The number of methoxy groups -OCH3 is 1. The summed E-state index contributed by atoms with van der Waals surface area (Å²) in [6.45, 7) is 1.53. The number of amides is 1. The second-order valence-electron chi connectivity index (χ2n) is 7.41. The number of nitrogens with zero attached hydrogens (tertiary/aromatic N) is 3. The number of hydrogen-bond acceptors (Lipinski definition) is 6. The van der Waals surface area contributed by atoms with Gasteiger partial charge in [-0.05, 0) is 75.6 Å². The van der Waals surface area contributed by atoms with E-state index in [0.717, 1.165) is 51.1 Å². The molecule has 32 heavy (non-hydrogen) atoms. The van der Waals surface area contributed by atoms with Gasteiger partial charge in [0.25, 0.3) is 0 Å². The van der Waals surface area contributed by atoms with Crippen LogP contribution >= 0.6 is 35.5 Å². The number of ether oxygens (including phenoxy) is 1. The molecule has 3 rings (SSSR count). The summed E-state index contributed by atoms with van der Waals surface area (Å²) in [6, 6.07) is 12.3. The highest BCUT2D eigenvalue weighted by atomic mass is 35.5. The Balaban J connectivity index is 0.00000363. The molecule has 0 atom stereocenters. The van der Waals surface area contributed by atoms with Gasteiger partial charge in [0.2, 0.25) is 5.91 Å². The molecule has 0 fully saturated rings. The number of thiazole rings is 1. The zero-order valence-electron chi connectivity index (χ0n) is 18.5. The summed E-state index contributed by atoms with van der Waals surface area (Å²) >= 11 is 3.15. The lowest BCUT2D eigenvalue weighted by Crippen LogP contribution is -2.33. The lowest BCUT2D eigenvalue weighted by atomic mass is 10.3. The number of benzene rings is 2. The summed E-state index contributed by atoms with van der Waals surface area (Å²) in [5.41, 5.74) is 0.794. The SMILES string of the molecule is COc1cccc2sc(N(CCCN(C)C)C(=O)CCCSc3ccc(F)cc3)nc12.Cl. The Kier molecular flexibility index (Phi) is 10.7. The van der Waals surface area contributed by atoms with Crippen molar-refractivity contribution in [3.8, 4) is 5.75 Å². The zero-order valence-corrected chi connectivity index (χ0v) is 21.0. The molecule has 0 N–H and O–H groups in total. The second kappa shape index (κ2) is 13.0. The lowest BCUT2D eigenvalue weighted by molar-refractivity contribution is -0.118. The lowest BCUT2D eigenvalue weighted by Gasteiger charge is -2.21. The summed E-state index contributed by atoms with van der Waals surface area (Å²) < 4.78 is 19.5. The third-order valence-corrected chi connectivity index (χ3v) is 6.87. The van der Waals surface area contributed by atoms with Crippen LogP contribution in [-0.2, 0) is 4.79 Å². The van der Waals surface area contributed by atoms with Crippen LogP contribution in [0.3, 0.4) is 0 Å². The van der Waals surface area contributed by atoms with Gasteiger partial charge in [-0.2, -0.15) is 0 Å². The minimum Gasteiger partial charge on any atom is -0.494 e. The van der Waals surface area contributed by atoms with Crippen LogP contribution < -0.4 is 9.64 Å². The Labute approximate surface area is 203 Å². The van der Waals surface area contributed by atoms with Gasteiger partial charge in [-0.1, -0.05) is 17.4 Å². The third kappa shape index (κ3) is 7.33. The van der Waals surface area contributed by atoms with Crippen LogP contribution in [-0.4, -0.2) is 55.8 Å². The molecule has 0 saturated heterocycles. The largest absolute Gasteiger partial charge is 0.494 e. The molecule has 1 aromatic heterocycles. The maximum Gasteiger partial charge on any atom is 0.228 e. The van der Waals surface area contributed by atoms with Crippen molar-refractivity contribution in [3.05, 3.63) is 48.3 Å². The first-order chi connectivity index (χ1) is 15.0. The molecule has 0 unspecified atom stereocenters. The number of carbonyl (C=O) groups is 1. The van der Waals surface area contributed by atoms with E-state index in [4.69, 9.17) is 9.72 Å². The number of thioether (sulfide) groups is 1. The molecule has 3 aromatic rings. The van der Waals surface area contributed by atoms with Crippen LogP contribution in [0.1, 0.15) is 19.3 Å². The summed E-state index contributed by atoms with van der Waals surface area (Å²) in [5.74, 6) is 1.37. The Morgan fingerprint density at radius 3 is 2.56 bits per heavy atom. The molecule has 0 spiro atoms. The molecule has 1 heterocycles. The second-order valence-corrected chi connectivity index (χ2v) is 9.59. The Morgan fingerprint density at radius 2 is 1.88 bits per heavy atom. The van der Waals surface area contributed by atoms with Gasteiger partial charge in [-0.25, -0.2) is 9.37 Å². The highest BCUT2D eigenvalue weighted by molar-refractivity contribution is 7.99. The predicted molar refractivity (Wildman–Crippen MR) is 135 cm³/mol. The van der Waals surface area contributed by atoms with Crippen LogP contribution in [0.4, 0.5) is 9.52 Å². The van der Waals surface area contributed by atoms with E-state index in [0.29, 0.717) is 13.0 Å². The molecular weight excluding hydrogens is 469 g/mol. The zero-order chi connectivity index (χ0) is 22.2. The summed E-state index contributed by atoms with van der Waals surface area (Å²) in [6.07, 6.45) is 2.07. The van der Waals surface area contributed by atoms with Crippen molar-refractivity contribution >= 4 is 56.8 Å². The van der Waals surface area contributed by atoms with E-state index in [-0.39, 0.29) is 24.1 Å². The van der Waals surface area contributed by atoms with E-state index >= 15 is 0 Å². The van der Waals surface area contributed by atoms with Crippen molar-refractivity contribution in [2.24, 2.45) is 0 Å². The van der Waals surface area contributed by atoms with Gasteiger partial charge in [0.1, 0.15) is 17.1 Å². The van der Waals surface area contributed by atoms with E-state index in [2.05, 4.69) is 4.90 Å². The Morgan fingerprint density at radius 1 is 1.12 bits per heavy atom. The number of para-hydroxylation sites is 1. The normalized spacial score (nSPS) is 10.9. The van der Waals surface area contributed by atoms with Crippen molar-refractivity contribution in [1.82, 2.24) is 9.88 Å². The molecular formula is C23H29ClFN3O2S2. The maximum absolute atomic E-state index is 13.1. The van der Waals surface area contributed by atoms with Crippen LogP contribution in [0.2, 0.25) is 0 Å². The van der Waals surface area contributed by atoms with Crippen LogP contribution in [0.15, 0.2) is 47.4 Å². The molecule has 0 aliphatic rings. The number of fused-ring (bicyclic) bond motifs is 1. The van der Waals surface area contributed by atoms with Crippen LogP contribution in [0.25, 0.3) is 10.2 Å². The minimum absolute atomic E-state index is 0. The van der Waals surface area contributed by atoms with Gasteiger partial charge in [0.15, 0.2) is 5.13 Å². The molecule has 2 aromatic carbocycles. The van der Waals surface area contributed by atoms with Crippen molar-refractivity contribution in [3.63, 3.8) is 0 Å². The monoisotopic (exact) mass is 497 g/mol. The summed E-state index contributed by atoms with van der Waals surface area (Å²) in [4.78, 5) is 22.8. The molecule has 9 heteroatoms. The average molecular weight is 498 g/mol. The van der Waals surface area contributed by atoms with Crippen molar-refractivity contribution in [2.75, 3.05) is 44.9 Å². The third-order valence-electron chi connectivity index (χ3n) is 4.73. The number of hydrogen-bond donors (Lipinski definition) is 0. The molecule has 5 nitrogen and oxygen atoms in total. The van der Waals surface area contributed by atoms with E-state index in [1.54, 1.807) is 31.0 Å². The first kappa shape index (κ1) is 26.4. The highest BCUT2D eigenvalue weighted by Crippen LogP contribution is 2.34. The Hall–Kier alpha value is -1.87. The number of halogens is 2. The van der Waals surface area contributed by atoms with E-state index in [1.807, 2.05) is 37.2 Å². The van der Waals surface area contributed by atoms with Gasteiger partial charge in [0, 0.05) is 17.9 Å². The standard InChI is InChI=1S/C23H28FN3O2S2.ClH/c1-26(2)14-6-15-27(23-25-22-19(29-3)7-4-8-20(22)31-23)21(28)9-5-16-30-18-12-10-17(24)11-13-18;/h4,7-8,10-13H,5-6,9,14-16H2,1-3H3;1H. The Bertz CT molecular complexity index is 999. The summed E-state index contributed by atoms with van der Waals surface area (Å²) in [5, 5.41) is 0.717. The fourth-order valence-electron chi connectivity index (χ4n) is 3.14. The van der Waals surface area contributed by atoms with Gasteiger partial charge in [0.05, 0.1) is 11.8 Å². The number of aromatic nitrogens is 1. The smallest absolute Gasteiger partial charge is 0.228 e. The van der Waals surface area contributed by atoms with Gasteiger partial charge >= 0.3 is 0 Å². The fraction of sp³-hybridized carbons (Fsp3) is 0.391.